The lowest BCUT2D eigenvalue weighted by molar-refractivity contribution is 0.112. The van der Waals surface area contributed by atoms with Gasteiger partial charge in [-0.2, -0.15) is 0 Å². The molecule has 1 aromatic carbocycles. The van der Waals surface area contributed by atoms with Gasteiger partial charge in [-0.3, -0.25) is 9.78 Å². The van der Waals surface area contributed by atoms with Crippen molar-refractivity contribution in [3.8, 4) is 5.75 Å². The van der Waals surface area contributed by atoms with Crippen LogP contribution >= 0.6 is 0 Å². The SMILES string of the molecule is C=C/C=C(\C(=C)F)c1ccc2c(c1)OCCC2CNc1cnccc1C=O. The number of ether oxygens (including phenoxy) is 1. The maximum atomic E-state index is 13.7. The quantitative estimate of drug-likeness (QED) is 0.559. The van der Waals surface area contributed by atoms with Crippen molar-refractivity contribution in [2.24, 2.45) is 0 Å². The van der Waals surface area contributed by atoms with Crippen LogP contribution in [0.5, 0.6) is 5.75 Å². The van der Waals surface area contributed by atoms with E-state index in [4.69, 9.17) is 4.74 Å². The summed E-state index contributed by atoms with van der Waals surface area (Å²) in [6.45, 7) is 8.23. The average molecular weight is 364 g/mol. The van der Waals surface area contributed by atoms with Crippen LogP contribution < -0.4 is 10.1 Å². The molecule has 1 N–H and O–H groups in total. The standard InChI is InChI=1S/C22H21FN2O2/c1-3-4-19(15(2)23)16-5-6-20-17(8-10-27-22(20)11-16)12-25-21-13-24-9-7-18(21)14-26/h3-7,9,11,13-14,17,25H,1-2,8,10,12H2/b19-4+. The molecule has 3 rings (SSSR count). The summed E-state index contributed by atoms with van der Waals surface area (Å²) in [5, 5.41) is 3.30. The van der Waals surface area contributed by atoms with Gasteiger partial charge < -0.3 is 10.1 Å². The van der Waals surface area contributed by atoms with Gasteiger partial charge in [-0.25, -0.2) is 4.39 Å². The Morgan fingerprint density at radius 1 is 1.41 bits per heavy atom. The Morgan fingerprint density at radius 2 is 2.26 bits per heavy atom. The molecule has 4 nitrogen and oxygen atoms in total. The van der Waals surface area contributed by atoms with E-state index >= 15 is 0 Å². The molecular weight excluding hydrogens is 343 g/mol. The van der Waals surface area contributed by atoms with Crippen LogP contribution in [-0.4, -0.2) is 24.4 Å². The smallest absolute Gasteiger partial charge is 0.152 e. The molecular formula is C22H21FN2O2. The van der Waals surface area contributed by atoms with Crippen molar-refractivity contribution in [2.75, 3.05) is 18.5 Å². The first kappa shape index (κ1) is 18.6. The van der Waals surface area contributed by atoms with Crippen LogP contribution in [0, 0.1) is 0 Å². The molecule has 1 aliphatic rings. The Hall–Kier alpha value is -3.21. The van der Waals surface area contributed by atoms with Crippen LogP contribution in [0.2, 0.25) is 0 Å². The number of fused-ring (bicyclic) bond motifs is 1. The first-order valence-corrected chi connectivity index (χ1v) is 8.71. The number of rotatable bonds is 7. The Balaban J connectivity index is 1.82. The van der Waals surface area contributed by atoms with Crippen molar-refractivity contribution < 1.29 is 13.9 Å². The van der Waals surface area contributed by atoms with E-state index in [0.29, 0.717) is 35.5 Å². The molecule has 0 amide bonds. The van der Waals surface area contributed by atoms with Crippen LogP contribution in [0.3, 0.4) is 0 Å². The fourth-order valence-corrected chi connectivity index (χ4v) is 3.19. The van der Waals surface area contributed by atoms with Gasteiger partial charge >= 0.3 is 0 Å². The van der Waals surface area contributed by atoms with Crippen LogP contribution in [0.25, 0.3) is 5.57 Å². The minimum absolute atomic E-state index is 0.211. The van der Waals surface area contributed by atoms with E-state index in [2.05, 4.69) is 23.5 Å². The lowest BCUT2D eigenvalue weighted by atomic mass is 9.90. The topological polar surface area (TPSA) is 51.2 Å². The summed E-state index contributed by atoms with van der Waals surface area (Å²) in [6, 6.07) is 7.33. The maximum Gasteiger partial charge on any atom is 0.152 e. The number of hydrogen-bond acceptors (Lipinski definition) is 4. The molecule has 2 aromatic rings. The number of benzene rings is 1. The van der Waals surface area contributed by atoms with Crippen molar-refractivity contribution >= 4 is 17.5 Å². The Kier molecular flexibility index (Phi) is 5.81. The summed E-state index contributed by atoms with van der Waals surface area (Å²) in [7, 11) is 0. The van der Waals surface area contributed by atoms with Gasteiger partial charge in [0.1, 0.15) is 11.6 Å². The van der Waals surface area contributed by atoms with E-state index in [0.717, 1.165) is 24.0 Å². The zero-order valence-corrected chi connectivity index (χ0v) is 15.0. The highest BCUT2D eigenvalue weighted by Crippen LogP contribution is 2.37. The summed E-state index contributed by atoms with van der Waals surface area (Å²) in [5.41, 5.74) is 3.43. The van der Waals surface area contributed by atoms with Gasteiger partial charge in [0.25, 0.3) is 0 Å². The van der Waals surface area contributed by atoms with Gasteiger partial charge in [-0.15, -0.1) is 0 Å². The van der Waals surface area contributed by atoms with E-state index in [-0.39, 0.29) is 5.92 Å². The molecule has 5 heteroatoms. The van der Waals surface area contributed by atoms with Crippen molar-refractivity contribution in [1.82, 2.24) is 4.98 Å². The third-order valence-electron chi connectivity index (χ3n) is 4.59. The molecule has 27 heavy (non-hydrogen) atoms. The molecule has 138 valence electrons. The van der Waals surface area contributed by atoms with Crippen molar-refractivity contribution in [2.45, 2.75) is 12.3 Å². The first-order valence-electron chi connectivity index (χ1n) is 8.71. The van der Waals surface area contributed by atoms with E-state index < -0.39 is 5.83 Å². The molecule has 0 saturated heterocycles. The minimum atomic E-state index is -0.512. The Labute approximate surface area is 158 Å². The largest absolute Gasteiger partial charge is 0.493 e. The molecule has 1 atom stereocenters. The van der Waals surface area contributed by atoms with Crippen molar-refractivity contribution in [1.29, 1.82) is 0 Å². The van der Waals surface area contributed by atoms with Crippen LogP contribution in [-0.2, 0) is 0 Å². The average Bonchev–Trinajstić information content (AvgIpc) is 2.69. The summed E-state index contributed by atoms with van der Waals surface area (Å²) in [5.74, 6) is 0.438. The van der Waals surface area contributed by atoms with E-state index in [1.807, 2.05) is 18.2 Å². The summed E-state index contributed by atoms with van der Waals surface area (Å²) in [4.78, 5) is 15.2. The third-order valence-corrected chi connectivity index (χ3v) is 4.59. The van der Waals surface area contributed by atoms with Crippen LogP contribution in [0.1, 0.15) is 33.8 Å². The maximum absolute atomic E-state index is 13.7. The second kappa shape index (κ2) is 8.45. The molecule has 0 spiro atoms. The summed E-state index contributed by atoms with van der Waals surface area (Å²) in [6.07, 6.45) is 8.02. The number of carbonyl (C=O) groups is 1. The molecule has 0 fully saturated rings. The summed E-state index contributed by atoms with van der Waals surface area (Å²) >= 11 is 0. The normalized spacial score (nSPS) is 16.0. The van der Waals surface area contributed by atoms with Gasteiger partial charge in [0.05, 0.1) is 18.5 Å². The number of carbonyl (C=O) groups excluding carboxylic acids is 1. The van der Waals surface area contributed by atoms with Gasteiger partial charge in [0.15, 0.2) is 6.29 Å². The van der Waals surface area contributed by atoms with Crippen molar-refractivity contribution in [3.63, 3.8) is 0 Å². The fourth-order valence-electron chi connectivity index (χ4n) is 3.19. The molecule has 0 radical (unpaired) electrons. The first-order chi connectivity index (χ1) is 13.1. The third kappa shape index (κ3) is 4.14. The predicted octanol–water partition coefficient (Wildman–Crippen LogP) is 4.92. The Bertz CT molecular complexity index is 905. The molecule has 1 aliphatic heterocycles. The highest BCUT2D eigenvalue weighted by Gasteiger charge is 2.22. The number of aldehydes is 1. The van der Waals surface area contributed by atoms with E-state index in [9.17, 15) is 9.18 Å². The van der Waals surface area contributed by atoms with Crippen molar-refractivity contribution in [3.05, 3.63) is 84.5 Å². The minimum Gasteiger partial charge on any atom is -0.493 e. The van der Waals surface area contributed by atoms with E-state index in [1.165, 1.54) is 6.08 Å². The number of halogens is 1. The second-order valence-electron chi connectivity index (χ2n) is 6.27. The van der Waals surface area contributed by atoms with Gasteiger partial charge in [-0.05, 0) is 29.7 Å². The van der Waals surface area contributed by atoms with Crippen LogP contribution in [0.4, 0.5) is 10.1 Å². The second-order valence-corrected chi connectivity index (χ2v) is 6.27. The highest BCUT2D eigenvalue weighted by molar-refractivity contribution is 5.83. The zero-order valence-electron chi connectivity index (χ0n) is 15.0. The van der Waals surface area contributed by atoms with Crippen LogP contribution in [0.15, 0.2) is 67.8 Å². The number of hydrogen-bond donors (Lipinski definition) is 1. The molecule has 2 heterocycles. The number of nitrogens with zero attached hydrogens (tertiary/aromatic N) is 1. The molecule has 0 aliphatic carbocycles. The highest BCUT2D eigenvalue weighted by atomic mass is 19.1. The molecule has 0 saturated carbocycles. The van der Waals surface area contributed by atoms with Gasteiger partial charge in [0.2, 0.25) is 0 Å². The lowest BCUT2D eigenvalue weighted by Crippen LogP contribution is -2.21. The monoisotopic (exact) mass is 364 g/mol. The molecule has 1 unspecified atom stereocenters. The number of allylic oxidation sites excluding steroid dienone is 4. The number of nitrogens with one attached hydrogen (secondary N) is 1. The fraction of sp³-hybridized carbons (Fsp3) is 0.182. The van der Waals surface area contributed by atoms with Gasteiger partial charge in [-0.1, -0.05) is 37.4 Å². The predicted molar refractivity (Wildman–Crippen MR) is 106 cm³/mol. The number of anilines is 1. The zero-order chi connectivity index (χ0) is 19.2. The molecule has 1 aromatic heterocycles. The number of pyridine rings is 1. The Morgan fingerprint density at radius 3 is 3.00 bits per heavy atom. The summed E-state index contributed by atoms with van der Waals surface area (Å²) < 4.78 is 19.5. The lowest BCUT2D eigenvalue weighted by Gasteiger charge is -2.27. The molecule has 0 bridgehead atoms. The van der Waals surface area contributed by atoms with Gasteiger partial charge in [0, 0.05) is 29.8 Å². The van der Waals surface area contributed by atoms with E-state index in [1.54, 1.807) is 24.5 Å². The number of aromatic nitrogens is 1.